The molecule has 1 heterocycles. The van der Waals surface area contributed by atoms with Crippen molar-refractivity contribution in [2.75, 3.05) is 31.1 Å². The molecule has 2 fully saturated rings. The Kier molecular flexibility index (Phi) is 5.07. The summed E-state index contributed by atoms with van der Waals surface area (Å²) in [5.41, 5.74) is 1.20. The number of piperazine rings is 1. The molecule has 1 saturated heterocycles. The number of halogens is 1. The summed E-state index contributed by atoms with van der Waals surface area (Å²) in [6, 6.07) is 9.06. The van der Waals surface area contributed by atoms with Crippen molar-refractivity contribution in [3.63, 3.8) is 0 Å². The van der Waals surface area contributed by atoms with E-state index in [9.17, 15) is 0 Å². The molecular weight excluding hydrogens is 280 g/mol. The van der Waals surface area contributed by atoms with Gasteiger partial charge in [0.05, 0.1) is 10.7 Å². The third kappa shape index (κ3) is 3.54. The molecule has 0 unspecified atom stereocenters. The Bertz CT molecular complexity index is 446. The summed E-state index contributed by atoms with van der Waals surface area (Å²) in [4.78, 5) is 5.16. The molecule has 116 valence electrons. The van der Waals surface area contributed by atoms with Crippen LogP contribution in [0, 0.1) is 5.92 Å². The van der Waals surface area contributed by atoms with Crippen LogP contribution in [-0.4, -0.2) is 37.1 Å². The molecule has 0 amide bonds. The summed E-state index contributed by atoms with van der Waals surface area (Å²) in [6.07, 6.45) is 7.06. The topological polar surface area (TPSA) is 6.48 Å². The van der Waals surface area contributed by atoms with Crippen LogP contribution in [0.4, 0.5) is 5.69 Å². The van der Waals surface area contributed by atoms with Crippen LogP contribution >= 0.6 is 11.6 Å². The maximum absolute atomic E-state index is 6.32. The van der Waals surface area contributed by atoms with Gasteiger partial charge >= 0.3 is 0 Å². The van der Waals surface area contributed by atoms with Gasteiger partial charge in [-0.05, 0) is 43.7 Å². The summed E-state index contributed by atoms with van der Waals surface area (Å²) >= 11 is 6.32. The predicted molar refractivity (Wildman–Crippen MR) is 91.3 cm³/mol. The molecule has 0 bridgehead atoms. The molecule has 1 saturated carbocycles. The summed E-state index contributed by atoms with van der Waals surface area (Å²) in [6.45, 7) is 6.93. The van der Waals surface area contributed by atoms with E-state index < -0.39 is 0 Å². The highest BCUT2D eigenvalue weighted by Crippen LogP contribution is 2.31. The van der Waals surface area contributed by atoms with Crippen LogP contribution in [-0.2, 0) is 0 Å². The van der Waals surface area contributed by atoms with Gasteiger partial charge in [-0.15, -0.1) is 0 Å². The minimum absolute atomic E-state index is 0.834. The van der Waals surface area contributed by atoms with Crippen molar-refractivity contribution in [3.05, 3.63) is 29.3 Å². The van der Waals surface area contributed by atoms with Gasteiger partial charge in [0.1, 0.15) is 0 Å². The van der Waals surface area contributed by atoms with Gasteiger partial charge in [-0.1, -0.05) is 37.1 Å². The molecule has 0 N–H and O–H groups in total. The average molecular weight is 307 g/mol. The predicted octanol–water partition coefficient (Wildman–Crippen LogP) is 4.43. The number of benzene rings is 1. The number of para-hydroxylation sites is 1. The van der Waals surface area contributed by atoms with E-state index in [-0.39, 0.29) is 0 Å². The van der Waals surface area contributed by atoms with Gasteiger partial charge < -0.3 is 4.90 Å². The molecule has 2 nitrogen and oxygen atoms in total. The first-order valence-corrected chi connectivity index (χ1v) is 8.89. The quantitative estimate of drug-likeness (QED) is 0.815. The Morgan fingerprint density at radius 2 is 1.67 bits per heavy atom. The van der Waals surface area contributed by atoms with Gasteiger partial charge in [0, 0.05) is 32.2 Å². The minimum Gasteiger partial charge on any atom is -0.368 e. The van der Waals surface area contributed by atoms with Gasteiger partial charge in [-0.25, -0.2) is 0 Å². The average Bonchev–Trinajstić information content (AvgIpc) is 2.56. The lowest BCUT2D eigenvalue weighted by Crippen LogP contribution is -2.51. The Labute approximate surface area is 134 Å². The van der Waals surface area contributed by atoms with Gasteiger partial charge in [0.2, 0.25) is 0 Å². The second kappa shape index (κ2) is 7.02. The molecule has 1 aromatic carbocycles. The maximum Gasteiger partial charge on any atom is 0.0639 e. The van der Waals surface area contributed by atoms with E-state index in [1.807, 2.05) is 12.1 Å². The zero-order valence-electron chi connectivity index (χ0n) is 13.1. The van der Waals surface area contributed by atoms with Crippen LogP contribution in [0.2, 0.25) is 5.02 Å². The van der Waals surface area contributed by atoms with Crippen LogP contribution < -0.4 is 4.90 Å². The van der Waals surface area contributed by atoms with Gasteiger partial charge in [-0.2, -0.15) is 0 Å². The third-order valence-electron chi connectivity index (χ3n) is 5.42. The first-order chi connectivity index (χ1) is 10.3. The Balaban J connectivity index is 1.53. The van der Waals surface area contributed by atoms with Crippen LogP contribution in [0.3, 0.4) is 0 Å². The SMILES string of the molecule is CCC1CCC(N2CCN(c3ccccc3Cl)CC2)CC1. The molecule has 1 aliphatic carbocycles. The van der Waals surface area contributed by atoms with E-state index in [4.69, 9.17) is 11.6 Å². The largest absolute Gasteiger partial charge is 0.368 e. The molecule has 0 aromatic heterocycles. The second-order valence-corrected chi connectivity index (χ2v) is 6.96. The highest BCUT2D eigenvalue weighted by atomic mass is 35.5. The highest BCUT2D eigenvalue weighted by molar-refractivity contribution is 6.33. The standard InChI is InChI=1S/C18H27ClN2/c1-2-15-7-9-16(10-8-15)20-11-13-21(14-12-20)18-6-4-3-5-17(18)19/h3-6,15-16H,2,7-14H2,1H3. The number of hydrogen-bond acceptors (Lipinski definition) is 2. The molecule has 3 heteroatoms. The smallest absolute Gasteiger partial charge is 0.0639 e. The third-order valence-corrected chi connectivity index (χ3v) is 5.74. The summed E-state index contributed by atoms with van der Waals surface area (Å²) in [7, 11) is 0. The number of anilines is 1. The fourth-order valence-electron chi connectivity index (χ4n) is 3.95. The lowest BCUT2D eigenvalue weighted by atomic mass is 9.84. The maximum atomic E-state index is 6.32. The zero-order valence-corrected chi connectivity index (χ0v) is 13.9. The molecule has 0 spiro atoms. The molecule has 1 aliphatic heterocycles. The lowest BCUT2D eigenvalue weighted by Gasteiger charge is -2.42. The van der Waals surface area contributed by atoms with E-state index in [0.717, 1.165) is 30.1 Å². The molecular formula is C18H27ClN2. The van der Waals surface area contributed by atoms with Crippen LogP contribution in [0.15, 0.2) is 24.3 Å². The van der Waals surface area contributed by atoms with Crippen molar-refractivity contribution >= 4 is 17.3 Å². The Morgan fingerprint density at radius 3 is 2.29 bits per heavy atom. The molecule has 0 atom stereocenters. The fraction of sp³-hybridized carbons (Fsp3) is 0.667. The summed E-state index contributed by atoms with van der Waals surface area (Å²) in [5, 5.41) is 0.884. The monoisotopic (exact) mass is 306 g/mol. The first kappa shape index (κ1) is 15.2. The molecule has 3 rings (SSSR count). The van der Waals surface area contributed by atoms with Crippen molar-refractivity contribution in [1.29, 1.82) is 0 Å². The van der Waals surface area contributed by atoms with Gasteiger partial charge in [0.15, 0.2) is 0 Å². The van der Waals surface area contributed by atoms with Crippen molar-refractivity contribution in [3.8, 4) is 0 Å². The van der Waals surface area contributed by atoms with Crippen molar-refractivity contribution in [2.24, 2.45) is 5.92 Å². The van der Waals surface area contributed by atoms with E-state index >= 15 is 0 Å². The molecule has 1 aromatic rings. The molecule has 2 aliphatic rings. The van der Waals surface area contributed by atoms with E-state index in [2.05, 4.69) is 28.9 Å². The number of nitrogens with zero attached hydrogens (tertiary/aromatic N) is 2. The normalized spacial score (nSPS) is 27.8. The minimum atomic E-state index is 0.834. The van der Waals surface area contributed by atoms with Crippen molar-refractivity contribution in [2.45, 2.75) is 45.1 Å². The number of rotatable bonds is 3. The molecule has 21 heavy (non-hydrogen) atoms. The lowest BCUT2D eigenvalue weighted by molar-refractivity contribution is 0.128. The molecule has 0 radical (unpaired) electrons. The second-order valence-electron chi connectivity index (χ2n) is 6.56. The zero-order chi connectivity index (χ0) is 14.7. The van der Waals surface area contributed by atoms with E-state index in [0.29, 0.717) is 0 Å². The van der Waals surface area contributed by atoms with Crippen LogP contribution in [0.5, 0.6) is 0 Å². The summed E-state index contributed by atoms with van der Waals surface area (Å²) < 4.78 is 0. The fourth-order valence-corrected chi connectivity index (χ4v) is 4.21. The Hall–Kier alpha value is -0.730. The van der Waals surface area contributed by atoms with Crippen LogP contribution in [0.1, 0.15) is 39.0 Å². The first-order valence-electron chi connectivity index (χ1n) is 8.51. The van der Waals surface area contributed by atoms with Crippen LogP contribution in [0.25, 0.3) is 0 Å². The van der Waals surface area contributed by atoms with E-state index in [1.54, 1.807) is 0 Å². The van der Waals surface area contributed by atoms with Crippen molar-refractivity contribution < 1.29 is 0 Å². The van der Waals surface area contributed by atoms with Crippen molar-refractivity contribution in [1.82, 2.24) is 4.90 Å². The summed E-state index contributed by atoms with van der Waals surface area (Å²) in [5.74, 6) is 0.991. The van der Waals surface area contributed by atoms with E-state index in [1.165, 1.54) is 50.9 Å². The highest BCUT2D eigenvalue weighted by Gasteiger charge is 2.28. The van der Waals surface area contributed by atoms with Gasteiger partial charge in [-0.3, -0.25) is 4.90 Å². The number of hydrogen-bond donors (Lipinski definition) is 0. The Morgan fingerprint density at radius 1 is 1.00 bits per heavy atom. The van der Waals surface area contributed by atoms with Gasteiger partial charge in [0.25, 0.3) is 0 Å².